The van der Waals surface area contributed by atoms with E-state index in [4.69, 9.17) is 10.5 Å². The van der Waals surface area contributed by atoms with Gasteiger partial charge in [0.1, 0.15) is 18.2 Å². The molecular weight excluding hydrogens is 269 g/mol. The molecule has 1 aromatic heterocycles. The Bertz CT molecular complexity index is 608. The fourth-order valence-electron chi connectivity index (χ4n) is 2.20. The number of aryl methyl sites for hydroxylation is 2. The van der Waals surface area contributed by atoms with Crippen molar-refractivity contribution in [2.45, 2.75) is 46.4 Å². The van der Waals surface area contributed by atoms with E-state index in [9.17, 15) is 4.39 Å². The highest BCUT2D eigenvalue weighted by atomic mass is 19.1. The number of halogens is 1. The van der Waals surface area contributed by atoms with Gasteiger partial charge in [-0.25, -0.2) is 4.39 Å². The summed E-state index contributed by atoms with van der Waals surface area (Å²) in [6, 6.07) is 6.49. The quantitative estimate of drug-likeness (QED) is 0.889. The van der Waals surface area contributed by atoms with Crippen LogP contribution >= 0.6 is 0 Å². The molecule has 0 spiro atoms. The van der Waals surface area contributed by atoms with Crippen LogP contribution in [0.2, 0.25) is 0 Å². The van der Waals surface area contributed by atoms with Crippen molar-refractivity contribution < 1.29 is 9.13 Å². The zero-order valence-electron chi connectivity index (χ0n) is 12.8. The number of aromatic nitrogens is 2. The summed E-state index contributed by atoms with van der Waals surface area (Å²) in [5, 5.41) is 4.46. The first-order valence-corrected chi connectivity index (χ1v) is 7.28. The molecule has 0 bridgehead atoms. The van der Waals surface area contributed by atoms with E-state index in [2.05, 4.69) is 12.0 Å². The summed E-state index contributed by atoms with van der Waals surface area (Å²) in [7, 11) is 0. The maximum atomic E-state index is 13.9. The average Bonchev–Trinajstić information content (AvgIpc) is 2.87. The topological polar surface area (TPSA) is 53.1 Å². The molecule has 0 amide bonds. The third-order valence-corrected chi connectivity index (χ3v) is 3.42. The van der Waals surface area contributed by atoms with Crippen LogP contribution in [-0.2, 0) is 19.6 Å². The molecule has 2 aromatic rings. The first kappa shape index (κ1) is 15.5. The molecule has 0 aliphatic rings. The second kappa shape index (κ2) is 6.72. The fourth-order valence-corrected chi connectivity index (χ4v) is 2.20. The van der Waals surface area contributed by atoms with Crippen LogP contribution in [-0.4, -0.2) is 9.78 Å². The minimum absolute atomic E-state index is 0.326. The van der Waals surface area contributed by atoms with Crippen LogP contribution < -0.4 is 10.5 Å². The molecule has 2 rings (SSSR count). The highest BCUT2D eigenvalue weighted by Gasteiger charge is 2.10. The van der Waals surface area contributed by atoms with E-state index in [-0.39, 0.29) is 11.9 Å². The van der Waals surface area contributed by atoms with Crippen LogP contribution in [0.1, 0.15) is 43.8 Å². The van der Waals surface area contributed by atoms with Gasteiger partial charge >= 0.3 is 0 Å². The Morgan fingerprint density at radius 3 is 2.67 bits per heavy atom. The van der Waals surface area contributed by atoms with Gasteiger partial charge in [0.05, 0.1) is 11.4 Å². The molecule has 0 aliphatic heterocycles. The van der Waals surface area contributed by atoms with Crippen LogP contribution in [0.5, 0.6) is 5.75 Å². The van der Waals surface area contributed by atoms with E-state index in [0.29, 0.717) is 17.9 Å². The lowest BCUT2D eigenvalue weighted by molar-refractivity contribution is 0.291. The van der Waals surface area contributed by atoms with Gasteiger partial charge in [-0.2, -0.15) is 5.10 Å². The Morgan fingerprint density at radius 2 is 2.10 bits per heavy atom. The standard InChI is InChI=1S/C16H22FN3O/c1-4-12-8-13(20(5-2)19-12)10-21-14-6-7-15(11(3)18)16(17)9-14/h6-9,11H,4-5,10,18H2,1-3H3. The van der Waals surface area contributed by atoms with Gasteiger partial charge in [-0.05, 0) is 32.4 Å². The Labute approximate surface area is 124 Å². The smallest absolute Gasteiger partial charge is 0.131 e. The third kappa shape index (κ3) is 3.61. The van der Waals surface area contributed by atoms with E-state index in [1.54, 1.807) is 19.1 Å². The number of ether oxygens (including phenoxy) is 1. The monoisotopic (exact) mass is 291 g/mol. The molecular formula is C16H22FN3O. The van der Waals surface area contributed by atoms with Crippen molar-refractivity contribution in [3.63, 3.8) is 0 Å². The molecule has 2 N–H and O–H groups in total. The summed E-state index contributed by atoms with van der Waals surface area (Å²) in [6.07, 6.45) is 0.887. The summed E-state index contributed by atoms with van der Waals surface area (Å²) in [5.74, 6) is 0.166. The number of nitrogens with zero attached hydrogens (tertiary/aromatic N) is 2. The Morgan fingerprint density at radius 1 is 1.33 bits per heavy atom. The number of nitrogens with two attached hydrogens (primary N) is 1. The maximum absolute atomic E-state index is 13.9. The maximum Gasteiger partial charge on any atom is 0.131 e. The molecule has 1 aromatic carbocycles. The molecule has 114 valence electrons. The SMILES string of the molecule is CCc1cc(COc2ccc(C(C)N)c(F)c2)n(CC)n1. The Balaban J connectivity index is 2.09. The van der Waals surface area contributed by atoms with Gasteiger partial charge in [0, 0.05) is 24.2 Å². The minimum atomic E-state index is -0.333. The molecule has 0 fully saturated rings. The normalized spacial score (nSPS) is 12.4. The molecule has 0 saturated carbocycles. The van der Waals surface area contributed by atoms with Crippen molar-refractivity contribution in [2.24, 2.45) is 5.73 Å². The number of benzene rings is 1. The first-order chi connectivity index (χ1) is 10.0. The molecule has 0 aliphatic carbocycles. The average molecular weight is 291 g/mol. The second-order valence-electron chi connectivity index (χ2n) is 5.06. The lowest BCUT2D eigenvalue weighted by atomic mass is 10.1. The van der Waals surface area contributed by atoms with Crippen LogP contribution in [0, 0.1) is 5.82 Å². The fraction of sp³-hybridized carbons (Fsp3) is 0.438. The predicted molar refractivity (Wildman–Crippen MR) is 80.6 cm³/mol. The molecule has 5 heteroatoms. The van der Waals surface area contributed by atoms with Gasteiger partial charge in [0.25, 0.3) is 0 Å². The zero-order chi connectivity index (χ0) is 15.4. The van der Waals surface area contributed by atoms with Crippen molar-refractivity contribution in [1.82, 2.24) is 9.78 Å². The molecule has 1 heterocycles. The van der Waals surface area contributed by atoms with Crippen molar-refractivity contribution in [1.29, 1.82) is 0 Å². The summed E-state index contributed by atoms with van der Waals surface area (Å²) in [5.41, 5.74) is 8.22. The summed E-state index contributed by atoms with van der Waals surface area (Å²) in [4.78, 5) is 0. The van der Waals surface area contributed by atoms with Crippen LogP contribution in [0.15, 0.2) is 24.3 Å². The van der Waals surface area contributed by atoms with E-state index in [0.717, 1.165) is 24.4 Å². The van der Waals surface area contributed by atoms with Crippen LogP contribution in [0.3, 0.4) is 0 Å². The first-order valence-electron chi connectivity index (χ1n) is 7.28. The molecule has 4 nitrogen and oxygen atoms in total. The zero-order valence-corrected chi connectivity index (χ0v) is 12.8. The molecule has 1 atom stereocenters. The highest BCUT2D eigenvalue weighted by Crippen LogP contribution is 2.21. The largest absolute Gasteiger partial charge is 0.487 e. The number of hydrogen-bond acceptors (Lipinski definition) is 3. The van der Waals surface area contributed by atoms with E-state index >= 15 is 0 Å². The van der Waals surface area contributed by atoms with Crippen LogP contribution in [0.25, 0.3) is 0 Å². The Kier molecular flexibility index (Phi) is 4.96. The van der Waals surface area contributed by atoms with Gasteiger partial charge in [0.2, 0.25) is 0 Å². The van der Waals surface area contributed by atoms with Gasteiger partial charge in [-0.1, -0.05) is 13.0 Å². The lowest BCUT2D eigenvalue weighted by Gasteiger charge is -2.11. The van der Waals surface area contributed by atoms with Gasteiger partial charge in [-0.15, -0.1) is 0 Å². The lowest BCUT2D eigenvalue weighted by Crippen LogP contribution is -2.08. The van der Waals surface area contributed by atoms with Crippen molar-refractivity contribution in [2.75, 3.05) is 0 Å². The van der Waals surface area contributed by atoms with Gasteiger partial charge in [0.15, 0.2) is 0 Å². The van der Waals surface area contributed by atoms with E-state index < -0.39 is 0 Å². The van der Waals surface area contributed by atoms with Crippen molar-refractivity contribution >= 4 is 0 Å². The molecule has 0 radical (unpaired) electrons. The summed E-state index contributed by atoms with van der Waals surface area (Å²) >= 11 is 0. The van der Waals surface area contributed by atoms with E-state index in [1.807, 2.05) is 17.7 Å². The third-order valence-electron chi connectivity index (χ3n) is 3.42. The summed E-state index contributed by atoms with van der Waals surface area (Å²) in [6.45, 7) is 7.02. The van der Waals surface area contributed by atoms with Crippen molar-refractivity contribution in [3.05, 3.63) is 47.0 Å². The second-order valence-corrected chi connectivity index (χ2v) is 5.06. The highest BCUT2D eigenvalue weighted by molar-refractivity contribution is 5.30. The number of rotatable bonds is 6. The molecule has 0 saturated heterocycles. The number of hydrogen-bond donors (Lipinski definition) is 1. The molecule has 21 heavy (non-hydrogen) atoms. The van der Waals surface area contributed by atoms with Crippen LogP contribution in [0.4, 0.5) is 4.39 Å². The Hall–Kier alpha value is -1.88. The van der Waals surface area contributed by atoms with Gasteiger partial charge < -0.3 is 10.5 Å². The van der Waals surface area contributed by atoms with Gasteiger partial charge in [-0.3, -0.25) is 4.68 Å². The predicted octanol–water partition coefficient (Wildman–Crippen LogP) is 3.20. The van der Waals surface area contributed by atoms with E-state index in [1.165, 1.54) is 6.07 Å². The van der Waals surface area contributed by atoms with Crippen molar-refractivity contribution in [3.8, 4) is 5.75 Å². The summed E-state index contributed by atoms with van der Waals surface area (Å²) < 4.78 is 21.4. The molecule has 1 unspecified atom stereocenters. The minimum Gasteiger partial charge on any atom is -0.487 e.